The SMILES string of the molecule is C#CCN1C(=O)N(c2ccc(N)c(C(F)(F)F)c2)C(=O)[C@@]1(C)c1ccc(N=O)cc1. The molecular formula is C20H15F3N4O3. The summed E-state index contributed by atoms with van der Waals surface area (Å²) in [7, 11) is 0. The second-order valence-corrected chi connectivity index (χ2v) is 6.69. The van der Waals surface area contributed by atoms with Crippen LogP contribution in [0.3, 0.4) is 0 Å². The molecular weight excluding hydrogens is 401 g/mol. The molecule has 0 radical (unpaired) electrons. The van der Waals surface area contributed by atoms with Gasteiger partial charge in [0.25, 0.3) is 5.91 Å². The maximum absolute atomic E-state index is 13.3. The molecule has 10 heteroatoms. The lowest BCUT2D eigenvalue weighted by Gasteiger charge is -2.30. The number of rotatable bonds is 4. The lowest BCUT2D eigenvalue weighted by Crippen LogP contribution is -2.44. The first kappa shape index (κ1) is 20.9. The topological polar surface area (TPSA) is 96.1 Å². The summed E-state index contributed by atoms with van der Waals surface area (Å²) in [5.74, 6) is 1.48. The fourth-order valence-corrected chi connectivity index (χ4v) is 3.33. The molecule has 30 heavy (non-hydrogen) atoms. The van der Waals surface area contributed by atoms with Crippen molar-refractivity contribution in [3.05, 3.63) is 58.5 Å². The van der Waals surface area contributed by atoms with Crippen molar-refractivity contribution in [1.29, 1.82) is 0 Å². The first-order valence-corrected chi connectivity index (χ1v) is 8.56. The van der Waals surface area contributed by atoms with Gasteiger partial charge in [0.2, 0.25) is 0 Å². The molecule has 0 bridgehead atoms. The maximum atomic E-state index is 13.3. The summed E-state index contributed by atoms with van der Waals surface area (Å²) in [6, 6.07) is 7.46. The second-order valence-electron chi connectivity index (χ2n) is 6.69. The number of anilines is 2. The molecule has 1 fully saturated rings. The Morgan fingerprint density at radius 3 is 2.33 bits per heavy atom. The highest BCUT2D eigenvalue weighted by Crippen LogP contribution is 2.42. The summed E-state index contributed by atoms with van der Waals surface area (Å²) in [5, 5.41) is 2.78. The van der Waals surface area contributed by atoms with Crippen LogP contribution in [0.25, 0.3) is 0 Å². The molecule has 0 aromatic heterocycles. The van der Waals surface area contributed by atoms with Crippen LogP contribution < -0.4 is 10.6 Å². The van der Waals surface area contributed by atoms with E-state index in [1.807, 2.05) is 0 Å². The van der Waals surface area contributed by atoms with Gasteiger partial charge < -0.3 is 5.73 Å². The Labute approximate surface area is 169 Å². The van der Waals surface area contributed by atoms with E-state index in [4.69, 9.17) is 12.2 Å². The van der Waals surface area contributed by atoms with Gasteiger partial charge in [0, 0.05) is 5.69 Å². The Balaban J connectivity index is 2.15. The van der Waals surface area contributed by atoms with E-state index < -0.39 is 34.9 Å². The maximum Gasteiger partial charge on any atom is 0.418 e. The number of halogens is 3. The van der Waals surface area contributed by atoms with Gasteiger partial charge in [0.1, 0.15) is 11.2 Å². The van der Waals surface area contributed by atoms with Gasteiger partial charge in [-0.05, 0) is 48.0 Å². The minimum absolute atomic E-state index is 0.104. The Morgan fingerprint density at radius 1 is 1.17 bits per heavy atom. The van der Waals surface area contributed by atoms with E-state index in [1.54, 1.807) is 0 Å². The monoisotopic (exact) mass is 416 g/mol. The van der Waals surface area contributed by atoms with E-state index in [1.165, 1.54) is 31.2 Å². The first-order chi connectivity index (χ1) is 14.1. The molecule has 0 spiro atoms. The van der Waals surface area contributed by atoms with Crippen LogP contribution in [-0.4, -0.2) is 23.4 Å². The van der Waals surface area contributed by atoms with E-state index in [-0.39, 0.29) is 17.9 Å². The zero-order valence-corrected chi connectivity index (χ0v) is 15.6. The van der Waals surface area contributed by atoms with Gasteiger partial charge in [-0.1, -0.05) is 18.1 Å². The van der Waals surface area contributed by atoms with Gasteiger partial charge >= 0.3 is 12.2 Å². The van der Waals surface area contributed by atoms with Crippen LogP contribution in [0, 0.1) is 17.3 Å². The number of benzene rings is 2. The summed E-state index contributed by atoms with van der Waals surface area (Å²) >= 11 is 0. The van der Waals surface area contributed by atoms with Crippen molar-refractivity contribution < 1.29 is 22.8 Å². The van der Waals surface area contributed by atoms with Crippen molar-refractivity contribution in [3.8, 4) is 12.3 Å². The zero-order valence-electron chi connectivity index (χ0n) is 15.6. The third-order valence-corrected chi connectivity index (χ3v) is 4.97. The summed E-state index contributed by atoms with van der Waals surface area (Å²) in [6.45, 7) is 1.16. The predicted octanol–water partition coefficient (Wildman–Crippen LogP) is 4.00. The molecule has 1 saturated heterocycles. The van der Waals surface area contributed by atoms with E-state index in [0.717, 1.165) is 17.0 Å². The third-order valence-electron chi connectivity index (χ3n) is 4.97. The highest BCUT2D eigenvalue weighted by atomic mass is 19.4. The number of hydrogen-bond donors (Lipinski definition) is 1. The molecule has 3 rings (SSSR count). The van der Waals surface area contributed by atoms with Crippen molar-refractivity contribution in [3.63, 3.8) is 0 Å². The lowest BCUT2D eigenvalue weighted by atomic mass is 9.90. The number of imide groups is 1. The summed E-state index contributed by atoms with van der Waals surface area (Å²) in [6.07, 6.45) is 0.578. The number of carbonyl (C=O) groups is 2. The van der Waals surface area contributed by atoms with Crippen molar-refractivity contribution in [2.45, 2.75) is 18.6 Å². The normalized spacial score (nSPS) is 19.2. The molecule has 7 nitrogen and oxygen atoms in total. The molecule has 1 aliphatic rings. The minimum atomic E-state index is -4.77. The highest BCUT2D eigenvalue weighted by molar-refractivity contribution is 6.23. The summed E-state index contributed by atoms with van der Waals surface area (Å²) in [4.78, 5) is 38.7. The average molecular weight is 416 g/mol. The number of amides is 3. The van der Waals surface area contributed by atoms with Crippen LogP contribution >= 0.6 is 0 Å². The van der Waals surface area contributed by atoms with E-state index >= 15 is 0 Å². The zero-order chi connectivity index (χ0) is 22.3. The number of nitrogens with zero attached hydrogens (tertiary/aromatic N) is 3. The smallest absolute Gasteiger partial charge is 0.398 e. The molecule has 1 heterocycles. The van der Waals surface area contributed by atoms with Gasteiger partial charge in [-0.3, -0.25) is 9.69 Å². The average Bonchev–Trinajstić information content (AvgIpc) is 2.89. The fraction of sp³-hybridized carbons (Fsp3) is 0.200. The number of urea groups is 1. The number of alkyl halides is 3. The fourth-order valence-electron chi connectivity index (χ4n) is 3.33. The van der Waals surface area contributed by atoms with Crippen molar-refractivity contribution in [1.82, 2.24) is 4.90 Å². The first-order valence-electron chi connectivity index (χ1n) is 8.56. The standard InChI is InChI=1S/C20H15F3N4O3/c1-3-10-26-18(29)27(14-8-9-16(24)15(11-14)20(21,22)23)17(28)19(26,2)12-4-6-13(25-30)7-5-12/h1,4-9,11H,10,24H2,2H3/t19-/m1/s1. The molecule has 2 aromatic carbocycles. The van der Waals surface area contributed by atoms with Crippen LogP contribution in [0.5, 0.6) is 0 Å². The largest absolute Gasteiger partial charge is 0.418 e. The Hall–Kier alpha value is -3.87. The molecule has 3 amide bonds. The number of hydrogen-bond acceptors (Lipinski definition) is 5. The quantitative estimate of drug-likeness (QED) is 0.353. The molecule has 1 atom stereocenters. The number of nitrogen functional groups attached to an aromatic ring is 1. The predicted molar refractivity (Wildman–Crippen MR) is 104 cm³/mol. The van der Waals surface area contributed by atoms with Gasteiger partial charge in [0.05, 0.1) is 17.8 Å². The lowest BCUT2D eigenvalue weighted by molar-refractivity contribution is -0.137. The molecule has 2 aromatic rings. The molecule has 154 valence electrons. The number of nitroso groups, excluding NO2 is 1. The van der Waals surface area contributed by atoms with Crippen molar-refractivity contribution in [2.75, 3.05) is 17.2 Å². The molecule has 1 aliphatic heterocycles. The van der Waals surface area contributed by atoms with Crippen LogP contribution in [0.1, 0.15) is 18.1 Å². The van der Waals surface area contributed by atoms with Crippen molar-refractivity contribution in [2.24, 2.45) is 5.18 Å². The highest BCUT2D eigenvalue weighted by Gasteiger charge is 2.55. The number of terminal acetylenes is 1. The summed E-state index contributed by atoms with van der Waals surface area (Å²) < 4.78 is 39.8. The molecule has 0 aliphatic carbocycles. The van der Waals surface area contributed by atoms with Crippen LogP contribution in [0.15, 0.2) is 47.6 Å². The Kier molecular flexibility index (Phi) is 4.99. The Bertz CT molecular complexity index is 1080. The number of nitrogens with two attached hydrogens (primary N) is 1. The van der Waals surface area contributed by atoms with Gasteiger partial charge in [-0.2, -0.15) is 13.2 Å². The van der Waals surface area contributed by atoms with E-state index in [2.05, 4.69) is 11.1 Å². The van der Waals surface area contributed by atoms with Crippen LogP contribution in [-0.2, 0) is 16.5 Å². The van der Waals surface area contributed by atoms with Gasteiger partial charge in [-0.15, -0.1) is 11.3 Å². The molecule has 0 unspecified atom stereocenters. The second kappa shape index (κ2) is 7.18. The van der Waals surface area contributed by atoms with Gasteiger partial charge in [-0.25, -0.2) is 9.69 Å². The Morgan fingerprint density at radius 2 is 1.80 bits per heavy atom. The third kappa shape index (κ3) is 3.14. The minimum Gasteiger partial charge on any atom is -0.398 e. The van der Waals surface area contributed by atoms with E-state index in [0.29, 0.717) is 16.5 Å². The van der Waals surface area contributed by atoms with Crippen LogP contribution in [0.4, 0.5) is 35.0 Å². The summed E-state index contributed by atoms with van der Waals surface area (Å²) in [5.41, 5.74) is 2.23. The molecule has 0 saturated carbocycles. The van der Waals surface area contributed by atoms with Crippen LogP contribution in [0.2, 0.25) is 0 Å². The van der Waals surface area contributed by atoms with E-state index in [9.17, 15) is 27.7 Å². The van der Waals surface area contributed by atoms with Crippen molar-refractivity contribution >= 4 is 29.0 Å². The molecule has 2 N–H and O–H groups in total. The van der Waals surface area contributed by atoms with Gasteiger partial charge in [0.15, 0.2) is 0 Å². The number of carbonyl (C=O) groups excluding carboxylic acids is 2.